The van der Waals surface area contributed by atoms with Crippen molar-refractivity contribution in [3.05, 3.63) is 62.9 Å². The van der Waals surface area contributed by atoms with Crippen LogP contribution in [0.2, 0.25) is 0 Å². The van der Waals surface area contributed by atoms with E-state index in [0.717, 1.165) is 16.8 Å². The molecule has 0 spiro atoms. The second-order valence-corrected chi connectivity index (χ2v) is 9.78. The molecule has 0 aliphatic carbocycles. The van der Waals surface area contributed by atoms with Crippen LogP contribution in [-0.2, 0) is 14.3 Å². The van der Waals surface area contributed by atoms with Gasteiger partial charge in [-0.15, -0.1) is 5.10 Å². The Balaban J connectivity index is 1.66. The predicted molar refractivity (Wildman–Crippen MR) is 127 cm³/mol. The number of anilines is 1. The number of benzene rings is 2. The Morgan fingerprint density at radius 3 is 2.39 bits per heavy atom. The van der Waals surface area contributed by atoms with Crippen LogP contribution in [0.15, 0.2) is 45.5 Å². The maximum atomic E-state index is 13.7. The summed E-state index contributed by atoms with van der Waals surface area (Å²) in [4.78, 5) is 13.2. The number of amides is 1. The van der Waals surface area contributed by atoms with Crippen molar-refractivity contribution in [2.24, 2.45) is 0 Å². The molecule has 3 aromatic rings. The van der Waals surface area contributed by atoms with Crippen LogP contribution in [-0.4, -0.2) is 69.2 Å². The molecular formula is C22H19Br2F3N4O5. The Kier molecular flexibility index (Phi) is 8.12. The minimum atomic E-state index is -1.62. The number of carbonyl (C=O) groups is 1. The Morgan fingerprint density at radius 1 is 1.17 bits per heavy atom. The molecule has 4 rings (SSSR count). The van der Waals surface area contributed by atoms with Gasteiger partial charge in [-0.25, -0.2) is 17.9 Å². The van der Waals surface area contributed by atoms with Gasteiger partial charge in [-0.2, -0.15) is 0 Å². The average Bonchev–Trinajstić information content (AvgIpc) is 3.30. The molecular weight excluding hydrogens is 617 g/mol. The summed E-state index contributed by atoms with van der Waals surface area (Å²) in [7, 11) is 1.30. The van der Waals surface area contributed by atoms with Gasteiger partial charge in [0.25, 0.3) is 5.91 Å². The lowest BCUT2D eigenvalue weighted by Crippen LogP contribution is -2.59. The van der Waals surface area contributed by atoms with Crippen molar-refractivity contribution in [1.29, 1.82) is 0 Å². The zero-order valence-corrected chi connectivity index (χ0v) is 21.6. The molecule has 5 unspecified atom stereocenters. The van der Waals surface area contributed by atoms with Gasteiger partial charge in [-0.3, -0.25) is 4.79 Å². The van der Waals surface area contributed by atoms with Crippen LogP contribution in [0.25, 0.3) is 11.3 Å². The van der Waals surface area contributed by atoms with Gasteiger partial charge in [0.2, 0.25) is 0 Å². The molecule has 3 N–H and O–H groups in total. The quantitative estimate of drug-likeness (QED) is 0.356. The predicted octanol–water partition coefficient (Wildman–Crippen LogP) is 3.20. The lowest BCUT2D eigenvalue weighted by molar-refractivity contribution is -0.210. The molecule has 1 aliphatic heterocycles. The fourth-order valence-electron chi connectivity index (χ4n) is 3.97. The van der Waals surface area contributed by atoms with Gasteiger partial charge in [0.05, 0.1) is 12.8 Å². The maximum Gasteiger partial charge on any atom is 0.256 e. The van der Waals surface area contributed by atoms with Gasteiger partial charge in [0.1, 0.15) is 30.0 Å². The van der Waals surface area contributed by atoms with E-state index >= 15 is 0 Å². The summed E-state index contributed by atoms with van der Waals surface area (Å²) in [6.45, 7) is -0.629. The molecule has 0 saturated carbocycles. The Hall–Kier alpha value is -2.36. The van der Waals surface area contributed by atoms with Gasteiger partial charge in [-0.05, 0) is 30.3 Å². The molecule has 1 aromatic heterocycles. The van der Waals surface area contributed by atoms with Gasteiger partial charge in [0.15, 0.2) is 23.6 Å². The first-order chi connectivity index (χ1) is 17.1. The zero-order valence-electron chi connectivity index (χ0n) is 18.4. The standard InChI is InChI=1S/C22H19Br2F3N4O5/c1-35-20-18(31-7-15(29-30-31)9-2-13(25)17(27)14(26)3-9)19(33)16(8-32)36-21(20)22(34)28-12-5-10(23)4-11(24)6-12/h2-7,16,18-21,32-33H,8H2,1H3,(H,28,34). The van der Waals surface area contributed by atoms with Gasteiger partial charge < -0.3 is 25.0 Å². The van der Waals surface area contributed by atoms with Gasteiger partial charge in [-0.1, -0.05) is 37.1 Å². The molecule has 36 heavy (non-hydrogen) atoms. The smallest absolute Gasteiger partial charge is 0.256 e. The lowest BCUT2D eigenvalue weighted by atomic mass is 9.92. The minimum absolute atomic E-state index is 0.0260. The van der Waals surface area contributed by atoms with E-state index in [9.17, 15) is 28.2 Å². The average molecular weight is 636 g/mol. The first kappa shape index (κ1) is 26.7. The summed E-state index contributed by atoms with van der Waals surface area (Å²) < 4.78 is 54.5. The van der Waals surface area contributed by atoms with Gasteiger partial charge >= 0.3 is 0 Å². The fraction of sp³-hybridized carbons (Fsp3) is 0.318. The van der Waals surface area contributed by atoms with Crippen molar-refractivity contribution in [2.75, 3.05) is 19.0 Å². The Morgan fingerprint density at radius 2 is 1.81 bits per heavy atom. The van der Waals surface area contributed by atoms with E-state index in [0.29, 0.717) is 14.6 Å². The highest BCUT2D eigenvalue weighted by Crippen LogP contribution is 2.34. The second-order valence-electron chi connectivity index (χ2n) is 7.94. The van der Waals surface area contributed by atoms with E-state index in [1.54, 1.807) is 18.2 Å². The number of hydrogen-bond acceptors (Lipinski definition) is 7. The largest absolute Gasteiger partial charge is 0.394 e. The van der Waals surface area contributed by atoms with Crippen molar-refractivity contribution in [3.63, 3.8) is 0 Å². The molecule has 14 heteroatoms. The van der Waals surface area contributed by atoms with Crippen LogP contribution in [0, 0.1) is 17.5 Å². The maximum absolute atomic E-state index is 13.7. The summed E-state index contributed by atoms with van der Waals surface area (Å²) in [5, 5.41) is 31.2. The van der Waals surface area contributed by atoms with Crippen molar-refractivity contribution in [1.82, 2.24) is 15.0 Å². The number of hydrogen-bond donors (Lipinski definition) is 3. The highest BCUT2D eigenvalue weighted by atomic mass is 79.9. The Bertz CT molecular complexity index is 1240. The highest BCUT2D eigenvalue weighted by Gasteiger charge is 2.49. The van der Waals surface area contributed by atoms with Crippen LogP contribution in [0.1, 0.15) is 6.04 Å². The van der Waals surface area contributed by atoms with E-state index in [-0.39, 0.29) is 11.3 Å². The Labute approximate surface area is 219 Å². The van der Waals surface area contributed by atoms with E-state index in [1.165, 1.54) is 13.3 Å². The monoisotopic (exact) mass is 634 g/mol. The number of aromatic nitrogens is 3. The molecule has 1 saturated heterocycles. The van der Waals surface area contributed by atoms with Crippen LogP contribution in [0.3, 0.4) is 0 Å². The number of aliphatic hydroxyl groups excluding tert-OH is 2. The summed E-state index contributed by atoms with van der Waals surface area (Å²) in [5.74, 6) is -5.05. The number of halogens is 5. The van der Waals surface area contributed by atoms with E-state index in [2.05, 4.69) is 47.5 Å². The minimum Gasteiger partial charge on any atom is -0.394 e. The van der Waals surface area contributed by atoms with Crippen LogP contribution < -0.4 is 5.32 Å². The van der Waals surface area contributed by atoms with Crippen LogP contribution in [0.4, 0.5) is 18.9 Å². The number of ether oxygens (including phenoxy) is 2. The molecule has 1 fully saturated rings. The summed E-state index contributed by atoms with van der Waals surface area (Å²) in [5.41, 5.74) is 0.314. The molecule has 1 aliphatic rings. The van der Waals surface area contributed by atoms with E-state index < -0.39 is 60.4 Å². The molecule has 5 atom stereocenters. The lowest BCUT2D eigenvalue weighted by Gasteiger charge is -2.42. The van der Waals surface area contributed by atoms with Crippen molar-refractivity contribution >= 4 is 43.5 Å². The van der Waals surface area contributed by atoms with Crippen molar-refractivity contribution in [2.45, 2.75) is 30.5 Å². The zero-order chi connectivity index (χ0) is 26.1. The molecule has 0 radical (unpaired) electrons. The van der Waals surface area contributed by atoms with Gasteiger partial charge in [0, 0.05) is 27.3 Å². The number of aliphatic hydroxyl groups is 2. The third kappa shape index (κ3) is 5.33. The number of methoxy groups -OCH3 is 1. The van der Waals surface area contributed by atoms with Crippen molar-refractivity contribution in [3.8, 4) is 11.3 Å². The first-order valence-electron chi connectivity index (χ1n) is 10.4. The molecule has 0 bridgehead atoms. The van der Waals surface area contributed by atoms with Crippen LogP contribution in [0.5, 0.6) is 0 Å². The molecule has 2 aromatic carbocycles. The van der Waals surface area contributed by atoms with Crippen molar-refractivity contribution < 1.29 is 37.7 Å². The number of rotatable bonds is 6. The van der Waals surface area contributed by atoms with E-state index in [1.807, 2.05) is 0 Å². The third-order valence-corrected chi connectivity index (χ3v) is 6.54. The normalized spacial score (nSPS) is 24.1. The molecule has 2 heterocycles. The first-order valence-corrected chi connectivity index (χ1v) is 12.0. The number of carbonyl (C=O) groups excluding carboxylic acids is 1. The number of nitrogens with zero attached hydrogens (tertiary/aromatic N) is 3. The SMILES string of the molecule is COC1C(C(=O)Nc2cc(Br)cc(Br)c2)OC(CO)C(O)C1n1cc(-c2cc(F)c(F)c(F)c2)nn1. The number of nitrogens with one attached hydrogen (secondary N) is 1. The summed E-state index contributed by atoms with van der Waals surface area (Å²) >= 11 is 6.68. The third-order valence-electron chi connectivity index (χ3n) is 5.62. The summed E-state index contributed by atoms with van der Waals surface area (Å²) in [6.07, 6.45) is -3.76. The second kappa shape index (κ2) is 10.9. The topological polar surface area (TPSA) is 119 Å². The van der Waals surface area contributed by atoms with E-state index in [4.69, 9.17) is 9.47 Å². The summed E-state index contributed by atoms with van der Waals surface area (Å²) in [6, 6.07) is 5.51. The highest BCUT2D eigenvalue weighted by molar-refractivity contribution is 9.11. The molecule has 9 nitrogen and oxygen atoms in total. The fourth-order valence-corrected chi connectivity index (χ4v) is 5.26. The molecule has 1 amide bonds. The van der Waals surface area contributed by atoms with Crippen LogP contribution >= 0.6 is 31.9 Å². The molecule has 192 valence electrons.